The Labute approximate surface area is 125 Å². The maximum Gasteiger partial charge on any atom is 0.288 e. The van der Waals surface area contributed by atoms with Gasteiger partial charge in [0.2, 0.25) is 5.91 Å². The van der Waals surface area contributed by atoms with Crippen molar-refractivity contribution >= 4 is 23.6 Å². The van der Waals surface area contributed by atoms with E-state index >= 15 is 0 Å². The molecule has 1 aromatic rings. The molecule has 114 valence electrons. The molecule has 0 saturated carbocycles. The van der Waals surface area contributed by atoms with E-state index in [1.165, 1.54) is 24.3 Å². The second-order valence-electron chi connectivity index (χ2n) is 4.67. The van der Waals surface area contributed by atoms with Crippen LogP contribution in [0.2, 0.25) is 0 Å². The van der Waals surface area contributed by atoms with Crippen molar-refractivity contribution in [3.8, 4) is 0 Å². The van der Waals surface area contributed by atoms with E-state index in [1.54, 1.807) is 4.90 Å². The summed E-state index contributed by atoms with van der Waals surface area (Å²) in [6.45, 7) is 1.45. The van der Waals surface area contributed by atoms with Gasteiger partial charge in [0, 0.05) is 23.5 Å². The largest absolute Gasteiger partial charge is 0.343 e. The number of hydrogen-bond acceptors (Lipinski definition) is 3. The second-order valence-corrected chi connectivity index (χ2v) is 5.74. The van der Waals surface area contributed by atoms with Crippen LogP contribution < -0.4 is 5.32 Å². The number of rotatable bonds is 5. The number of nitrogens with one attached hydrogen (secondary N) is 1. The van der Waals surface area contributed by atoms with E-state index in [0.717, 1.165) is 25.9 Å². The fraction of sp³-hybridized carbons (Fsp3) is 0.429. The monoisotopic (exact) mass is 314 g/mol. The molecule has 2 amide bonds. The molecule has 1 heterocycles. The predicted octanol–water partition coefficient (Wildman–Crippen LogP) is 2.35. The van der Waals surface area contributed by atoms with Gasteiger partial charge in [0.15, 0.2) is 0 Å². The smallest absolute Gasteiger partial charge is 0.288 e. The fourth-order valence-electron chi connectivity index (χ4n) is 2.12. The van der Waals surface area contributed by atoms with E-state index < -0.39 is 5.76 Å². The molecule has 0 radical (unpaired) electrons. The summed E-state index contributed by atoms with van der Waals surface area (Å²) in [5.74, 6) is -2.95. The molecule has 0 aromatic heterocycles. The Hall–Kier alpha value is -1.63. The number of hydrogen-bond donors (Lipinski definition) is 1. The summed E-state index contributed by atoms with van der Waals surface area (Å²) in [7, 11) is 0. The van der Waals surface area contributed by atoms with Crippen LogP contribution in [0.15, 0.2) is 29.2 Å². The van der Waals surface area contributed by atoms with Crippen molar-refractivity contribution in [3.63, 3.8) is 0 Å². The number of benzene rings is 1. The molecule has 4 nitrogen and oxygen atoms in total. The molecule has 1 aromatic carbocycles. The highest BCUT2D eigenvalue weighted by Gasteiger charge is 2.18. The lowest BCUT2D eigenvalue weighted by Crippen LogP contribution is -2.38. The zero-order valence-electron chi connectivity index (χ0n) is 11.4. The SMILES string of the molecule is O=C(NCC(=O)N1CCCC1)c1ccc(SC(F)F)cc1. The van der Waals surface area contributed by atoms with Gasteiger partial charge >= 0.3 is 0 Å². The van der Waals surface area contributed by atoms with Gasteiger partial charge in [-0.05, 0) is 37.1 Å². The first-order valence-electron chi connectivity index (χ1n) is 6.67. The van der Waals surface area contributed by atoms with E-state index in [9.17, 15) is 18.4 Å². The maximum absolute atomic E-state index is 12.2. The zero-order chi connectivity index (χ0) is 15.2. The molecule has 0 atom stereocenters. The molecule has 7 heteroatoms. The third-order valence-corrected chi connectivity index (χ3v) is 3.92. The molecular formula is C14H16F2N2O2S. The molecule has 1 saturated heterocycles. The Morgan fingerprint density at radius 3 is 2.38 bits per heavy atom. The van der Waals surface area contributed by atoms with Gasteiger partial charge in [-0.15, -0.1) is 0 Å². The summed E-state index contributed by atoms with van der Waals surface area (Å²) < 4.78 is 24.4. The lowest BCUT2D eigenvalue weighted by Gasteiger charge is -2.15. The van der Waals surface area contributed by atoms with E-state index in [-0.39, 0.29) is 18.4 Å². The molecule has 0 aliphatic carbocycles. The average molecular weight is 314 g/mol. The highest BCUT2D eigenvalue weighted by Crippen LogP contribution is 2.25. The second kappa shape index (κ2) is 7.40. The molecule has 1 fully saturated rings. The first-order valence-corrected chi connectivity index (χ1v) is 7.55. The van der Waals surface area contributed by atoms with E-state index in [1.807, 2.05) is 0 Å². The number of carbonyl (C=O) groups excluding carboxylic acids is 2. The van der Waals surface area contributed by atoms with Crippen molar-refractivity contribution in [2.24, 2.45) is 0 Å². The molecule has 0 unspecified atom stereocenters. The van der Waals surface area contributed by atoms with Crippen LogP contribution in [0.1, 0.15) is 23.2 Å². The lowest BCUT2D eigenvalue weighted by molar-refractivity contribution is -0.129. The molecule has 0 bridgehead atoms. The summed E-state index contributed by atoms with van der Waals surface area (Å²) in [4.78, 5) is 25.8. The van der Waals surface area contributed by atoms with Crippen molar-refractivity contribution in [1.82, 2.24) is 10.2 Å². The minimum Gasteiger partial charge on any atom is -0.343 e. The van der Waals surface area contributed by atoms with Crippen LogP contribution in [0.25, 0.3) is 0 Å². The highest BCUT2D eigenvalue weighted by atomic mass is 32.2. The number of amides is 2. The molecule has 1 aliphatic heterocycles. The zero-order valence-corrected chi connectivity index (χ0v) is 12.2. The van der Waals surface area contributed by atoms with Crippen LogP contribution in [0, 0.1) is 0 Å². The number of halogens is 2. The summed E-state index contributed by atoms with van der Waals surface area (Å²) in [5.41, 5.74) is 0.350. The normalized spacial score (nSPS) is 14.5. The number of alkyl halides is 2. The molecule has 1 N–H and O–H groups in total. The van der Waals surface area contributed by atoms with Gasteiger partial charge in [-0.25, -0.2) is 0 Å². The van der Waals surface area contributed by atoms with Crippen LogP contribution in [0.5, 0.6) is 0 Å². The van der Waals surface area contributed by atoms with Crippen LogP contribution in [-0.4, -0.2) is 42.1 Å². The topological polar surface area (TPSA) is 49.4 Å². The Balaban J connectivity index is 1.83. The van der Waals surface area contributed by atoms with Crippen LogP contribution >= 0.6 is 11.8 Å². The van der Waals surface area contributed by atoms with E-state index in [2.05, 4.69) is 5.32 Å². The Bertz CT molecular complexity index is 502. The van der Waals surface area contributed by atoms with Crippen molar-refractivity contribution in [1.29, 1.82) is 0 Å². The van der Waals surface area contributed by atoms with Crippen molar-refractivity contribution in [2.75, 3.05) is 19.6 Å². The van der Waals surface area contributed by atoms with Crippen molar-refractivity contribution in [2.45, 2.75) is 23.5 Å². The van der Waals surface area contributed by atoms with Gasteiger partial charge in [-0.3, -0.25) is 9.59 Å². The fourth-order valence-corrected chi connectivity index (χ4v) is 2.62. The number of thioether (sulfide) groups is 1. The van der Waals surface area contributed by atoms with Gasteiger partial charge in [0.1, 0.15) is 0 Å². The van der Waals surface area contributed by atoms with Crippen LogP contribution in [0.4, 0.5) is 8.78 Å². The molecule has 1 aliphatic rings. The lowest BCUT2D eigenvalue weighted by atomic mass is 10.2. The third-order valence-electron chi connectivity index (χ3n) is 3.20. The van der Waals surface area contributed by atoms with Crippen molar-refractivity contribution in [3.05, 3.63) is 29.8 Å². The third kappa shape index (κ3) is 4.70. The maximum atomic E-state index is 12.2. The van der Waals surface area contributed by atoms with Gasteiger partial charge in [0.05, 0.1) is 6.54 Å². The quantitative estimate of drug-likeness (QED) is 0.849. The standard InChI is InChI=1S/C14H16F2N2O2S/c15-14(16)21-11-5-3-10(4-6-11)13(20)17-9-12(19)18-7-1-2-8-18/h3-6,14H,1-2,7-9H2,(H,17,20). The summed E-state index contributed by atoms with van der Waals surface area (Å²) >= 11 is 0.428. The Morgan fingerprint density at radius 2 is 1.81 bits per heavy atom. The first kappa shape index (κ1) is 15.8. The van der Waals surface area contributed by atoms with E-state index in [0.29, 0.717) is 22.2 Å². The van der Waals surface area contributed by atoms with Gasteiger partial charge in [0.25, 0.3) is 11.7 Å². The van der Waals surface area contributed by atoms with Crippen LogP contribution in [0.3, 0.4) is 0 Å². The molecule has 0 spiro atoms. The first-order chi connectivity index (χ1) is 10.1. The minimum atomic E-state index is -2.48. The van der Waals surface area contributed by atoms with Gasteiger partial charge < -0.3 is 10.2 Å². The van der Waals surface area contributed by atoms with Gasteiger partial charge in [-0.1, -0.05) is 11.8 Å². The minimum absolute atomic E-state index is 0.0353. The highest BCUT2D eigenvalue weighted by molar-refractivity contribution is 7.99. The number of likely N-dealkylation sites (tertiary alicyclic amines) is 1. The molecular weight excluding hydrogens is 298 g/mol. The van der Waals surface area contributed by atoms with Gasteiger partial charge in [-0.2, -0.15) is 8.78 Å². The number of carbonyl (C=O) groups is 2. The summed E-state index contributed by atoms with van der Waals surface area (Å²) in [6, 6.07) is 5.88. The average Bonchev–Trinajstić information content (AvgIpc) is 2.99. The Kier molecular flexibility index (Phi) is 5.55. The Morgan fingerprint density at radius 1 is 1.19 bits per heavy atom. The van der Waals surface area contributed by atoms with Crippen LogP contribution in [-0.2, 0) is 4.79 Å². The predicted molar refractivity (Wildman–Crippen MR) is 76.5 cm³/mol. The van der Waals surface area contributed by atoms with Crippen molar-refractivity contribution < 1.29 is 18.4 Å². The molecule has 21 heavy (non-hydrogen) atoms. The molecule has 2 rings (SSSR count). The summed E-state index contributed by atoms with van der Waals surface area (Å²) in [5, 5.41) is 2.55. The summed E-state index contributed by atoms with van der Waals surface area (Å²) in [6.07, 6.45) is 2.01. The van der Waals surface area contributed by atoms with E-state index in [4.69, 9.17) is 0 Å². The number of nitrogens with zero attached hydrogens (tertiary/aromatic N) is 1.